The number of aromatic nitrogens is 2. The number of aromatic amines is 1. The molecule has 144 valence electrons. The second-order valence-electron chi connectivity index (χ2n) is 7.04. The monoisotopic (exact) mass is 389 g/mol. The Kier molecular flexibility index (Phi) is 4.58. The molecule has 0 aliphatic heterocycles. The maximum Gasteiger partial charge on any atom is 0.152 e. The fourth-order valence-electron chi connectivity index (χ4n) is 3.68. The molecule has 30 heavy (non-hydrogen) atoms. The molecular formula is C26H19N3O. The second kappa shape index (κ2) is 7.68. The number of aldehydes is 1. The van der Waals surface area contributed by atoms with Crippen LogP contribution in [-0.2, 0) is 0 Å². The van der Waals surface area contributed by atoms with Crippen molar-refractivity contribution in [2.45, 2.75) is 0 Å². The third kappa shape index (κ3) is 3.25. The molecule has 2 heterocycles. The van der Waals surface area contributed by atoms with Gasteiger partial charge in [0.25, 0.3) is 0 Å². The van der Waals surface area contributed by atoms with E-state index in [4.69, 9.17) is 0 Å². The van der Waals surface area contributed by atoms with E-state index in [2.05, 4.69) is 63.4 Å². The Hall–Kier alpha value is -4.18. The van der Waals surface area contributed by atoms with Crippen molar-refractivity contribution < 1.29 is 4.79 Å². The normalized spacial score (nSPS) is 10.8. The quantitative estimate of drug-likeness (QED) is 0.349. The molecule has 5 aromatic rings. The van der Waals surface area contributed by atoms with E-state index >= 15 is 0 Å². The zero-order valence-electron chi connectivity index (χ0n) is 16.2. The highest BCUT2D eigenvalue weighted by atomic mass is 16.1. The van der Waals surface area contributed by atoms with E-state index in [1.165, 1.54) is 0 Å². The van der Waals surface area contributed by atoms with Crippen LogP contribution in [0, 0.1) is 0 Å². The van der Waals surface area contributed by atoms with Crippen LogP contribution < -0.4 is 4.90 Å². The van der Waals surface area contributed by atoms with Gasteiger partial charge in [-0.05, 0) is 48.0 Å². The molecule has 1 N–H and O–H groups in total. The molecule has 0 radical (unpaired) electrons. The zero-order valence-corrected chi connectivity index (χ0v) is 16.2. The molecule has 0 fully saturated rings. The summed E-state index contributed by atoms with van der Waals surface area (Å²) in [4.78, 5) is 21.0. The number of para-hydroxylation sites is 2. The molecule has 0 aliphatic carbocycles. The van der Waals surface area contributed by atoms with Gasteiger partial charge < -0.3 is 9.88 Å². The zero-order chi connectivity index (χ0) is 20.3. The Morgan fingerprint density at radius 2 is 1.33 bits per heavy atom. The summed E-state index contributed by atoms with van der Waals surface area (Å²) in [6, 6.07) is 31.0. The summed E-state index contributed by atoms with van der Waals surface area (Å²) in [6.45, 7) is 0. The predicted octanol–water partition coefficient (Wildman–Crippen LogP) is 6.51. The summed E-state index contributed by atoms with van der Waals surface area (Å²) in [5.74, 6) is 0. The maximum atomic E-state index is 11.3. The van der Waals surface area contributed by atoms with Gasteiger partial charge in [-0.15, -0.1) is 0 Å². The number of nitrogens with one attached hydrogen (secondary N) is 1. The summed E-state index contributed by atoms with van der Waals surface area (Å²) in [5.41, 5.74) is 6.63. The largest absolute Gasteiger partial charge is 0.345 e. The smallest absolute Gasteiger partial charge is 0.152 e. The van der Waals surface area contributed by atoms with Crippen molar-refractivity contribution in [1.82, 2.24) is 9.97 Å². The molecule has 0 saturated carbocycles. The molecule has 5 rings (SSSR count). The summed E-state index contributed by atoms with van der Waals surface area (Å²) in [5, 5.41) is 0.835. The number of carbonyl (C=O) groups is 1. The van der Waals surface area contributed by atoms with Gasteiger partial charge in [0.15, 0.2) is 6.29 Å². The number of hydrogen-bond donors (Lipinski definition) is 1. The van der Waals surface area contributed by atoms with E-state index < -0.39 is 0 Å². The second-order valence-corrected chi connectivity index (χ2v) is 7.04. The molecule has 0 aliphatic rings. The van der Waals surface area contributed by atoms with Crippen molar-refractivity contribution in [3.05, 3.63) is 109 Å². The van der Waals surface area contributed by atoms with Crippen molar-refractivity contribution in [2.75, 3.05) is 4.90 Å². The summed E-state index contributed by atoms with van der Waals surface area (Å²) in [6.07, 6.45) is 4.37. The minimum absolute atomic E-state index is 0.621. The van der Waals surface area contributed by atoms with E-state index in [0.29, 0.717) is 5.56 Å². The van der Waals surface area contributed by atoms with E-state index in [-0.39, 0.29) is 0 Å². The SMILES string of the molecule is O=Cc1c[nH]c2ncc(-c3ccc(N(c4ccccc4)c4ccccc4)cc3)cc12. The Labute approximate surface area is 174 Å². The van der Waals surface area contributed by atoms with Gasteiger partial charge in [0, 0.05) is 46.0 Å². The number of benzene rings is 3. The van der Waals surface area contributed by atoms with E-state index in [9.17, 15) is 4.79 Å². The van der Waals surface area contributed by atoms with Crippen molar-refractivity contribution in [2.24, 2.45) is 0 Å². The standard InChI is InChI=1S/C26H19N3O/c30-18-21-17-28-26-25(21)15-20(16-27-26)19-11-13-24(14-12-19)29(22-7-3-1-4-8-22)23-9-5-2-6-10-23/h1-18H,(H,27,28). The Bertz CT molecular complexity index is 1250. The molecule has 2 aromatic heterocycles. The fraction of sp³-hybridized carbons (Fsp3) is 0. The lowest BCUT2D eigenvalue weighted by molar-refractivity contribution is 0.112. The van der Waals surface area contributed by atoms with Gasteiger partial charge in [-0.2, -0.15) is 0 Å². The van der Waals surface area contributed by atoms with Crippen molar-refractivity contribution >= 4 is 34.4 Å². The van der Waals surface area contributed by atoms with Gasteiger partial charge in [-0.25, -0.2) is 4.98 Å². The molecule has 0 bridgehead atoms. The topological polar surface area (TPSA) is 49.0 Å². The predicted molar refractivity (Wildman–Crippen MR) is 122 cm³/mol. The first-order chi connectivity index (χ1) is 14.8. The van der Waals surface area contributed by atoms with Crippen LogP contribution in [-0.4, -0.2) is 16.3 Å². The molecule has 0 spiro atoms. The third-order valence-electron chi connectivity index (χ3n) is 5.18. The van der Waals surface area contributed by atoms with E-state index in [1.54, 1.807) is 6.20 Å². The highest BCUT2D eigenvalue weighted by molar-refractivity contribution is 5.97. The molecule has 3 aromatic carbocycles. The van der Waals surface area contributed by atoms with Crippen LogP contribution in [0.25, 0.3) is 22.2 Å². The van der Waals surface area contributed by atoms with Gasteiger partial charge in [-0.3, -0.25) is 4.79 Å². The maximum absolute atomic E-state index is 11.3. The molecule has 4 heteroatoms. The van der Waals surface area contributed by atoms with Crippen LogP contribution in [0.15, 0.2) is 103 Å². The van der Waals surface area contributed by atoms with Crippen molar-refractivity contribution in [3.63, 3.8) is 0 Å². The minimum Gasteiger partial charge on any atom is -0.345 e. The number of pyridine rings is 1. The lowest BCUT2D eigenvalue weighted by Crippen LogP contribution is -2.09. The molecule has 4 nitrogen and oxygen atoms in total. The van der Waals surface area contributed by atoms with Crippen LogP contribution in [0.2, 0.25) is 0 Å². The number of rotatable bonds is 5. The molecule has 0 amide bonds. The first kappa shape index (κ1) is 17.9. The van der Waals surface area contributed by atoms with E-state index in [1.807, 2.05) is 48.7 Å². The van der Waals surface area contributed by atoms with Crippen LogP contribution in [0.5, 0.6) is 0 Å². The van der Waals surface area contributed by atoms with Crippen LogP contribution in [0.4, 0.5) is 17.1 Å². The molecule has 0 saturated heterocycles. The average Bonchev–Trinajstić information content (AvgIpc) is 3.23. The third-order valence-corrected chi connectivity index (χ3v) is 5.18. The summed E-state index contributed by atoms with van der Waals surface area (Å²) in [7, 11) is 0. The number of anilines is 3. The first-order valence-electron chi connectivity index (χ1n) is 9.76. The Morgan fingerprint density at radius 3 is 1.93 bits per heavy atom. The number of carbonyl (C=O) groups excluding carboxylic acids is 1. The Morgan fingerprint density at radius 1 is 0.733 bits per heavy atom. The molecule has 0 atom stereocenters. The highest BCUT2D eigenvalue weighted by Crippen LogP contribution is 2.35. The van der Waals surface area contributed by atoms with Gasteiger partial charge in [0.05, 0.1) is 0 Å². The number of nitrogens with zero attached hydrogens (tertiary/aromatic N) is 2. The summed E-state index contributed by atoms with van der Waals surface area (Å²) < 4.78 is 0. The van der Waals surface area contributed by atoms with Gasteiger partial charge in [-0.1, -0.05) is 48.5 Å². The number of hydrogen-bond acceptors (Lipinski definition) is 3. The lowest BCUT2D eigenvalue weighted by atomic mass is 10.0. The van der Waals surface area contributed by atoms with Crippen LogP contribution >= 0.6 is 0 Å². The lowest BCUT2D eigenvalue weighted by Gasteiger charge is -2.25. The summed E-state index contributed by atoms with van der Waals surface area (Å²) >= 11 is 0. The minimum atomic E-state index is 0.621. The van der Waals surface area contributed by atoms with Gasteiger partial charge >= 0.3 is 0 Å². The average molecular weight is 389 g/mol. The van der Waals surface area contributed by atoms with Crippen molar-refractivity contribution in [1.29, 1.82) is 0 Å². The van der Waals surface area contributed by atoms with Gasteiger partial charge in [0.2, 0.25) is 0 Å². The molecular weight excluding hydrogens is 370 g/mol. The Balaban J connectivity index is 1.55. The highest BCUT2D eigenvalue weighted by Gasteiger charge is 2.12. The van der Waals surface area contributed by atoms with Crippen molar-refractivity contribution in [3.8, 4) is 11.1 Å². The van der Waals surface area contributed by atoms with E-state index in [0.717, 1.165) is 45.5 Å². The molecule has 0 unspecified atom stereocenters. The van der Waals surface area contributed by atoms with Crippen LogP contribution in [0.3, 0.4) is 0 Å². The fourth-order valence-corrected chi connectivity index (χ4v) is 3.68. The van der Waals surface area contributed by atoms with Gasteiger partial charge in [0.1, 0.15) is 5.65 Å². The number of fused-ring (bicyclic) bond motifs is 1. The first-order valence-corrected chi connectivity index (χ1v) is 9.76. The van der Waals surface area contributed by atoms with Crippen LogP contribution in [0.1, 0.15) is 10.4 Å². The number of H-pyrrole nitrogens is 1.